The number of allylic oxidation sites excluding steroid dienone is 4. The molecule has 1 atom stereocenters. The number of carbonyl (C=O) groups is 1. The van der Waals surface area contributed by atoms with Gasteiger partial charge in [0.2, 0.25) is 0 Å². The molecule has 0 aliphatic heterocycles. The van der Waals surface area contributed by atoms with E-state index in [4.69, 9.17) is 10.00 Å². The van der Waals surface area contributed by atoms with Crippen LogP contribution in [0, 0.1) is 11.3 Å². The molecule has 90 valence electrons. The second-order valence-corrected chi connectivity index (χ2v) is 4.13. The normalized spacial score (nSPS) is 19.0. The molecular formula is C14H17NO2. The first kappa shape index (κ1) is 13.2. The molecule has 1 aliphatic rings. The zero-order valence-corrected chi connectivity index (χ0v) is 10.3. The molecule has 0 bridgehead atoms. The molecule has 0 aromatic heterocycles. The van der Waals surface area contributed by atoms with Crippen molar-refractivity contribution in [2.24, 2.45) is 0 Å². The first-order valence-electron chi connectivity index (χ1n) is 5.69. The lowest BCUT2D eigenvalue weighted by molar-refractivity contribution is -0.139. The van der Waals surface area contributed by atoms with Gasteiger partial charge in [0.25, 0.3) is 0 Å². The molecule has 0 aromatic rings. The Morgan fingerprint density at radius 2 is 2.35 bits per heavy atom. The molecule has 17 heavy (non-hydrogen) atoms. The van der Waals surface area contributed by atoms with E-state index >= 15 is 0 Å². The minimum absolute atomic E-state index is 0.440. The first-order valence-corrected chi connectivity index (χ1v) is 5.69. The predicted molar refractivity (Wildman–Crippen MR) is 66.0 cm³/mol. The molecule has 0 spiro atoms. The van der Waals surface area contributed by atoms with Gasteiger partial charge < -0.3 is 4.74 Å². The summed E-state index contributed by atoms with van der Waals surface area (Å²) in [5.41, 5.74) is 3.50. The summed E-state index contributed by atoms with van der Waals surface area (Å²) in [7, 11) is 0. The minimum Gasteiger partial charge on any atom is -0.444 e. The molecule has 0 amide bonds. The van der Waals surface area contributed by atoms with Gasteiger partial charge in [-0.25, -0.2) is 4.79 Å². The van der Waals surface area contributed by atoms with Crippen LogP contribution in [0.1, 0.15) is 33.1 Å². The predicted octanol–water partition coefficient (Wildman–Crippen LogP) is 3.05. The summed E-state index contributed by atoms with van der Waals surface area (Å²) in [5.74, 6) is -0.440. The average molecular weight is 231 g/mol. The van der Waals surface area contributed by atoms with Crippen molar-refractivity contribution in [3.05, 3.63) is 35.5 Å². The quantitative estimate of drug-likeness (QED) is 0.424. The van der Waals surface area contributed by atoms with E-state index in [-0.39, 0.29) is 0 Å². The van der Waals surface area contributed by atoms with E-state index in [0.29, 0.717) is 0 Å². The van der Waals surface area contributed by atoms with Crippen molar-refractivity contribution in [2.75, 3.05) is 0 Å². The highest BCUT2D eigenvalue weighted by molar-refractivity contribution is 5.84. The number of ether oxygens (including phenoxy) is 1. The summed E-state index contributed by atoms with van der Waals surface area (Å²) in [6, 6.07) is 1.87. The molecule has 0 heterocycles. The molecule has 1 rings (SSSR count). The second-order valence-electron chi connectivity index (χ2n) is 4.13. The standard InChI is InChI=1S/C14H17NO2/c1-4-5-13-10(2)6-7-12(13)8-14(16)17-11(3)9-15/h4,8,11H,1,5-7H2,2-3H3. The molecular weight excluding hydrogens is 214 g/mol. The number of hydrogen-bond acceptors (Lipinski definition) is 3. The van der Waals surface area contributed by atoms with Crippen molar-refractivity contribution in [1.82, 2.24) is 0 Å². The van der Waals surface area contributed by atoms with Crippen LogP contribution < -0.4 is 0 Å². The third-order valence-corrected chi connectivity index (χ3v) is 2.79. The van der Waals surface area contributed by atoms with Crippen molar-refractivity contribution in [3.8, 4) is 6.07 Å². The maximum Gasteiger partial charge on any atom is 0.332 e. The van der Waals surface area contributed by atoms with E-state index < -0.39 is 12.1 Å². The van der Waals surface area contributed by atoms with Crippen molar-refractivity contribution in [2.45, 2.75) is 39.2 Å². The molecule has 3 nitrogen and oxygen atoms in total. The Morgan fingerprint density at radius 3 is 2.94 bits per heavy atom. The first-order chi connectivity index (χ1) is 8.08. The highest BCUT2D eigenvalue weighted by Crippen LogP contribution is 2.33. The SMILES string of the molecule is C=CCC1=C(C)CCC1=CC(=O)OC(C)C#N. The fourth-order valence-corrected chi connectivity index (χ4v) is 1.88. The number of nitrogens with zero attached hydrogens (tertiary/aromatic N) is 1. The van der Waals surface area contributed by atoms with Gasteiger partial charge in [-0.1, -0.05) is 11.6 Å². The van der Waals surface area contributed by atoms with Crippen LogP contribution in [-0.2, 0) is 9.53 Å². The zero-order valence-electron chi connectivity index (χ0n) is 10.3. The highest BCUT2D eigenvalue weighted by atomic mass is 16.5. The summed E-state index contributed by atoms with van der Waals surface area (Å²) in [6.07, 6.45) is 5.26. The van der Waals surface area contributed by atoms with Crippen molar-refractivity contribution < 1.29 is 9.53 Å². The molecule has 1 unspecified atom stereocenters. The third-order valence-electron chi connectivity index (χ3n) is 2.79. The van der Waals surface area contributed by atoms with Gasteiger partial charge in [-0.05, 0) is 44.3 Å². The van der Waals surface area contributed by atoms with Gasteiger partial charge in [-0.15, -0.1) is 6.58 Å². The zero-order chi connectivity index (χ0) is 12.8. The number of rotatable bonds is 4. The van der Waals surface area contributed by atoms with Crippen LogP contribution in [0.15, 0.2) is 35.5 Å². The van der Waals surface area contributed by atoms with Crippen LogP contribution in [0.2, 0.25) is 0 Å². The van der Waals surface area contributed by atoms with E-state index in [1.165, 1.54) is 17.2 Å². The molecule has 0 N–H and O–H groups in total. The van der Waals surface area contributed by atoms with Crippen molar-refractivity contribution in [1.29, 1.82) is 5.26 Å². The molecule has 0 saturated carbocycles. The number of carbonyl (C=O) groups excluding carboxylic acids is 1. The van der Waals surface area contributed by atoms with Crippen molar-refractivity contribution in [3.63, 3.8) is 0 Å². The Hall–Kier alpha value is -1.82. The lowest BCUT2D eigenvalue weighted by atomic mass is 10.0. The van der Waals surface area contributed by atoms with E-state index in [9.17, 15) is 4.79 Å². The molecule has 0 radical (unpaired) electrons. The van der Waals surface area contributed by atoms with Crippen LogP contribution in [0.3, 0.4) is 0 Å². The van der Waals surface area contributed by atoms with Crippen molar-refractivity contribution >= 4 is 5.97 Å². The Balaban J connectivity index is 2.76. The van der Waals surface area contributed by atoms with Gasteiger partial charge in [0.15, 0.2) is 6.10 Å². The highest BCUT2D eigenvalue weighted by Gasteiger charge is 2.17. The maximum atomic E-state index is 11.5. The summed E-state index contributed by atoms with van der Waals surface area (Å²) in [5, 5.41) is 8.55. The smallest absolute Gasteiger partial charge is 0.332 e. The third kappa shape index (κ3) is 3.60. The summed E-state index contributed by atoms with van der Waals surface area (Å²) >= 11 is 0. The molecule has 1 aliphatic carbocycles. The molecule has 0 aromatic carbocycles. The fourth-order valence-electron chi connectivity index (χ4n) is 1.88. The monoisotopic (exact) mass is 231 g/mol. The van der Waals surface area contributed by atoms with Gasteiger partial charge in [-0.2, -0.15) is 5.26 Å². The van der Waals surface area contributed by atoms with E-state index in [1.807, 2.05) is 12.1 Å². The summed E-state index contributed by atoms with van der Waals surface area (Å²) in [4.78, 5) is 11.5. The van der Waals surface area contributed by atoms with Gasteiger partial charge in [0, 0.05) is 6.08 Å². The van der Waals surface area contributed by atoms with Gasteiger partial charge in [-0.3, -0.25) is 0 Å². The van der Waals surface area contributed by atoms with Crippen LogP contribution in [0.4, 0.5) is 0 Å². The Bertz CT molecular complexity index is 424. The molecule has 3 heteroatoms. The van der Waals surface area contributed by atoms with Crippen LogP contribution >= 0.6 is 0 Å². The largest absolute Gasteiger partial charge is 0.444 e. The van der Waals surface area contributed by atoms with Gasteiger partial charge in [0.05, 0.1) is 0 Å². The molecule has 0 saturated heterocycles. The Kier molecular flexibility index (Phi) is 4.71. The lowest BCUT2D eigenvalue weighted by Crippen LogP contribution is -2.11. The topological polar surface area (TPSA) is 50.1 Å². The van der Waals surface area contributed by atoms with Crippen LogP contribution in [0.5, 0.6) is 0 Å². The lowest BCUT2D eigenvalue weighted by Gasteiger charge is -2.06. The Labute approximate surface area is 102 Å². The number of nitriles is 1. The van der Waals surface area contributed by atoms with Gasteiger partial charge in [0.1, 0.15) is 6.07 Å². The Morgan fingerprint density at radius 1 is 1.65 bits per heavy atom. The van der Waals surface area contributed by atoms with Crippen LogP contribution in [0.25, 0.3) is 0 Å². The maximum absolute atomic E-state index is 11.5. The molecule has 0 fully saturated rings. The summed E-state index contributed by atoms with van der Waals surface area (Å²) in [6.45, 7) is 7.34. The van der Waals surface area contributed by atoms with E-state index in [2.05, 4.69) is 13.5 Å². The fraction of sp³-hybridized carbons (Fsp3) is 0.429. The second kappa shape index (κ2) is 6.05. The average Bonchev–Trinajstić information content (AvgIpc) is 2.61. The summed E-state index contributed by atoms with van der Waals surface area (Å²) < 4.78 is 4.90. The number of esters is 1. The number of hydrogen-bond donors (Lipinski definition) is 0. The minimum atomic E-state index is -0.700. The van der Waals surface area contributed by atoms with E-state index in [0.717, 1.165) is 24.8 Å². The van der Waals surface area contributed by atoms with E-state index in [1.54, 1.807) is 6.92 Å². The van der Waals surface area contributed by atoms with Crippen LogP contribution in [-0.4, -0.2) is 12.1 Å². The van der Waals surface area contributed by atoms with Gasteiger partial charge >= 0.3 is 5.97 Å².